The predicted molar refractivity (Wildman–Crippen MR) is 41.2 cm³/mol. The Morgan fingerprint density at radius 3 is 2.55 bits per heavy atom. The fourth-order valence-electron chi connectivity index (χ4n) is 1.22. The molecule has 0 heterocycles. The first-order valence-corrected chi connectivity index (χ1v) is 4.25. The summed E-state index contributed by atoms with van der Waals surface area (Å²) in [6.07, 6.45) is -0.294. The van der Waals surface area contributed by atoms with Gasteiger partial charge in [0.2, 0.25) is 0 Å². The lowest BCUT2D eigenvalue weighted by molar-refractivity contribution is 0.141. The van der Waals surface area contributed by atoms with Crippen molar-refractivity contribution in [3.05, 3.63) is 0 Å². The Balaban J connectivity index is 1.89. The second kappa shape index (κ2) is 4.21. The summed E-state index contributed by atoms with van der Waals surface area (Å²) in [4.78, 5) is 0. The maximum absolute atomic E-state index is 11.6. The molecule has 1 fully saturated rings. The molecule has 0 unspecified atom stereocenters. The minimum atomic E-state index is -2.23. The van der Waals surface area contributed by atoms with E-state index in [4.69, 9.17) is 11.6 Å². The van der Waals surface area contributed by atoms with E-state index in [9.17, 15) is 8.78 Å². The molecule has 0 radical (unpaired) electrons. The van der Waals surface area contributed by atoms with Crippen LogP contribution < -0.4 is 5.32 Å². The van der Waals surface area contributed by atoms with Crippen LogP contribution in [0.15, 0.2) is 0 Å². The molecule has 1 aliphatic rings. The number of rotatable bonds is 4. The van der Waals surface area contributed by atoms with Gasteiger partial charge in [-0.1, -0.05) is 0 Å². The molecule has 0 amide bonds. The molecule has 4 heteroatoms. The van der Waals surface area contributed by atoms with Crippen molar-refractivity contribution >= 4 is 11.6 Å². The third kappa shape index (κ3) is 3.34. The van der Waals surface area contributed by atoms with Gasteiger partial charge in [-0.2, -0.15) is 0 Å². The lowest BCUT2D eigenvalue weighted by Crippen LogP contribution is -2.35. The molecule has 0 bridgehead atoms. The largest absolute Gasteiger partial charge is 0.311 e. The van der Waals surface area contributed by atoms with Crippen LogP contribution in [-0.2, 0) is 0 Å². The number of alkyl halides is 3. The molecule has 1 saturated carbocycles. The highest BCUT2D eigenvalue weighted by molar-refractivity contribution is 6.21. The molecule has 1 aliphatic carbocycles. The minimum Gasteiger partial charge on any atom is -0.311 e. The Morgan fingerprint density at radius 2 is 2.09 bits per heavy atom. The number of hydrogen-bond donors (Lipinski definition) is 1. The van der Waals surface area contributed by atoms with Crippen molar-refractivity contribution in [3.63, 3.8) is 0 Å². The maximum atomic E-state index is 11.6. The summed E-state index contributed by atoms with van der Waals surface area (Å²) in [7, 11) is 0. The van der Waals surface area contributed by atoms with E-state index in [0.717, 1.165) is 12.8 Å². The van der Waals surface area contributed by atoms with Gasteiger partial charge in [-0.25, -0.2) is 8.78 Å². The zero-order chi connectivity index (χ0) is 8.27. The van der Waals surface area contributed by atoms with Gasteiger partial charge in [0.1, 0.15) is 0 Å². The van der Waals surface area contributed by atoms with Crippen LogP contribution in [0.1, 0.15) is 12.8 Å². The van der Waals surface area contributed by atoms with E-state index < -0.39 is 6.43 Å². The van der Waals surface area contributed by atoms with E-state index in [1.165, 1.54) is 0 Å². The Bertz CT molecular complexity index is 115. The fraction of sp³-hybridized carbons (Fsp3) is 1.00. The molecule has 0 aromatic rings. The second-order valence-corrected chi connectivity index (χ2v) is 3.60. The molecule has 1 rings (SSSR count). The summed E-state index contributed by atoms with van der Waals surface area (Å²) >= 11 is 5.71. The van der Waals surface area contributed by atoms with E-state index in [1.54, 1.807) is 0 Å². The number of hydrogen-bond acceptors (Lipinski definition) is 1. The Morgan fingerprint density at radius 1 is 1.45 bits per heavy atom. The van der Waals surface area contributed by atoms with Crippen molar-refractivity contribution in [2.24, 2.45) is 5.92 Å². The molecule has 1 nitrogen and oxygen atoms in total. The van der Waals surface area contributed by atoms with Crippen LogP contribution in [0.4, 0.5) is 8.78 Å². The monoisotopic (exact) mass is 183 g/mol. The van der Waals surface area contributed by atoms with Gasteiger partial charge in [-0.15, -0.1) is 11.6 Å². The summed E-state index contributed by atoms with van der Waals surface area (Å²) in [5.41, 5.74) is 0. The molecule has 0 spiro atoms. The lowest BCUT2D eigenvalue weighted by atomic mass is 9.85. The second-order valence-electron chi connectivity index (χ2n) is 2.98. The Hall–Kier alpha value is 0.110. The van der Waals surface area contributed by atoms with Crippen molar-refractivity contribution in [1.82, 2.24) is 5.32 Å². The van der Waals surface area contributed by atoms with Gasteiger partial charge in [0, 0.05) is 5.38 Å². The number of halogens is 3. The van der Waals surface area contributed by atoms with Gasteiger partial charge in [-0.05, 0) is 25.3 Å². The molecule has 0 aliphatic heterocycles. The highest BCUT2D eigenvalue weighted by Crippen LogP contribution is 2.30. The van der Waals surface area contributed by atoms with Crippen LogP contribution in [0.25, 0.3) is 0 Å². The summed E-state index contributed by atoms with van der Waals surface area (Å²) in [5.74, 6) is 0.524. The highest BCUT2D eigenvalue weighted by Gasteiger charge is 2.26. The first-order chi connectivity index (χ1) is 5.18. The molecule has 1 N–H and O–H groups in total. The quantitative estimate of drug-likeness (QED) is 0.657. The fourth-order valence-corrected chi connectivity index (χ4v) is 1.72. The van der Waals surface area contributed by atoms with E-state index in [-0.39, 0.29) is 11.9 Å². The molecule has 11 heavy (non-hydrogen) atoms. The summed E-state index contributed by atoms with van der Waals surface area (Å²) in [5, 5.41) is 2.98. The zero-order valence-electron chi connectivity index (χ0n) is 6.19. The van der Waals surface area contributed by atoms with Gasteiger partial charge in [-0.3, -0.25) is 0 Å². The molecule has 66 valence electrons. The highest BCUT2D eigenvalue weighted by atomic mass is 35.5. The topological polar surface area (TPSA) is 12.0 Å². The summed E-state index contributed by atoms with van der Waals surface area (Å²) in [6.45, 7) is 0.497. The van der Waals surface area contributed by atoms with Crippen molar-refractivity contribution < 1.29 is 8.78 Å². The molecular formula is C7H12ClF2N. The SMILES string of the molecule is FC(F)CNCC1CC(Cl)C1. The average Bonchev–Trinajstić information content (AvgIpc) is 1.83. The predicted octanol–water partition coefficient (Wildman–Crippen LogP) is 1.86. The van der Waals surface area contributed by atoms with Crippen molar-refractivity contribution in [1.29, 1.82) is 0 Å². The van der Waals surface area contributed by atoms with Crippen molar-refractivity contribution in [2.45, 2.75) is 24.6 Å². The Kier molecular flexibility index (Phi) is 3.52. The van der Waals surface area contributed by atoms with Crippen LogP contribution in [-0.4, -0.2) is 24.9 Å². The molecule has 0 saturated heterocycles. The average molecular weight is 184 g/mol. The summed E-state index contributed by atoms with van der Waals surface area (Å²) in [6, 6.07) is 0. The van der Waals surface area contributed by atoms with Gasteiger partial charge in [0.05, 0.1) is 6.54 Å². The lowest BCUT2D eigenvalue weighted by Gasteiger charge is -2.30. The third-order valence-electron chi connectivity index (χ3n) is 1.91. The number of nitrogens with one attached hydrogen (secondary N) is 1. The van der Waals surface area contributed by atoms with Gasteiger partial charge < -0.3 is 5.32 Å². The maximum Gasteiger partial charge on any atom is 0.250 e. The zero-order valence-corrected chi connectivity index (χ0v) is 6.95. The first kappa shape index (κ1) is 9.20. The Labute approximate surface area is 70.1 Å². The van der Waals surface area contributed by atoms with Crippen LogP contribution in [0.5, 0.6) is 0 Å². The van der Waals surface area contributed by atoms with E-state index in [0.29, 0.717) is 12.5 Å². The summed E-state index contributed by atoms with van der Waals surface area (Å²) < 4.78 is 23.2. The van der Waals surface area contributed by atoms with Gasteiger partial charge in [0.15, 0.2) is 0 Å². The molecular weight excluding hydrogens is 172 g/mol. The first-order valence-electron chi connectivity index (χ1n) is 3.81. The van der Waals surface area contributed by atoms with Gasteiger partial charge >= 0.3 is 0 Å². The van der Waals surface area contributed by atoms with E-state index >= 15 is 0 Å². The van der Waals surface area contributed by atoms with Crippen LogP contribution in [0.3, 0.4) is 0 Å². The smallest absolute Gasteiger partial charge is 0.250 e. The standard InChI is InChI=1S/C7H12ClF2N/c8-6-1-5(2-6)3-11-4-7(9)10/h5-7,11H,1-4H2. The van der Waals surface area contributed by atoms with Crippen LogP contribution in [0.2, 0.25) is 0 Å². The van der Waals surface area contributed by atoms with Crippen molar-refractivity contribution in [2.75, 3.05) is 13.1 Å². The van der Waals surface area contributed by atoms with Crippen LogP contribution >= 0.6 is 11.6 Å². The minimum absolute atomic E-state index is 0.191. The normalized spacial score (nSPS) is 30.5. The molecule has 0 aromatic carbocycles. The van der Waals surface area contributed by atoms with Gasteiger partial charge in [0.25, 0.3) is 6.43 Å². The van der Waals surface area contributed by atoms with E-state index in [1.807, 2.05) is 0 Å². The molecule has 0 aromatic heterocycles. The third-order valence-corrected chi connectivity index (χ3v) is 2.27. The van der Waals surface area contributed by atoms with Crippen molar-refractivity contribution in [3.8, 4) is 0 Å². The molecule has 0 atom stereocenters. The van der Waals surface area contributed by atoms with Crippen LogP contribution in [0, 0.1) is 5.92 Å². The van der Waals surface area contributed by atoms with E-state index in [2.05, 4.69) is 5.32 Å².